The lowest BCUT2D eigenvalue weighted by Gasteiger charge is -2.18. The lowest BCUT2D eigenvalue weighted by Crippen LogP contribution is -2.25. The maximum Gasteiger partial charge on any atom is 0.260 e. The van der Waals surface area contributed by atoms with Crippen molar-refractivity contribution in [2.75, 3.05) is 12.3 Å². The number of aromatic nitrogens is 2. The Kier molecular flexibility index (Phi) is 1.70. The molecule has 3 N–H and O–H groups in total. The van der Waals surface area contributed by atoms with E-state index in [1.54, 1.807) is 0 Å². The van der Waals surface area contributed by atoms with Gasteiger partial charge in [-0.05, 0) is 31.0 Å². The van der Waals surface area contributed by atoms with Crippen LogP contribution in [-0.4, -0.2) is 16.7 Å². The summed E-state index contributed by atoms with van der Waals surface area (Å²) in [5, 5.41) is 7.96. The molecule has 0 bridgehead atoms. The van der Waals surface area contributed by atoms with E-state index in [0.29, 0.717) is 11.5 Å². The van der Waals surface area contributed by atoms with Crippen molar-refractivity contribution in [2.45, 2.75) is 19.9 Å². The van der Waals surface area contributed by atoms with Crippen LogP contribution in [0.1, 0.15) is 16.8 Å². The molecule has 0 saturated heterocycles. The number of aryl methyl sites for hydroxylation is 1. The zero-order chi connectivity index (χ0) is 10.4. The van der Waals surface area contributed by atoms with Crippen molar-refractivity contribution >= 4 is 16.9 Å². The van der Waals surface area contributed by atoms with Crippen molar-refractivity contribution in [1.82, 2.24) is 15.5 Å². The van der Waals surface area contributed by atoms with Gasteiger partial charge in [0.15, 0.2) is 5.82 Å². The summed E-state index contributed by atoms with van der Waals surface area (Å²) in [7, 11) is 0. The summed E-state index contributed by atoms with van der Waals surface area (Å²) < 4.78 is 5.08. The Morgan fingerprint density at radius 3 is 3.13 bits per heavy atom. The summed E-state index contributed by atoms with van der Waals surface area (Å²) >= 11 is 0. The molecule has 15 heavy (non-hydrogen) atoms. The topological polar surface area (TPSA) is 77.0 Å². The van der Waals surface area contributed by atoms with Crippen LogP contribution in [-0.2, 0) is 13.0 Å². The number of hydrogen-bond acceptors (Lipinski definition) is 5. The van der Waals surface area contributed by atoms with Gasteiger partial charge in [-0.3, -0.25) is 0 Å². The maximum absolute atomic E-state index is 5.78. The molecule has 78 valence electrons. The number of nitrogen functional groups attached to an aromatic ring is 1. The predicted octanol–water partition coefficient (Wildman–Crippen LogP) is 0.759. The number of nitrogens with two attached hydrogens (primary N) is 1. The largest absolute Gasteiger partial charge is 0.380 e. The Balaban J connectivity index is 2.42. The molecule has 3 heterocycles. The summed E-state index contributed by atoms with van der Waals surface area (Å²) in [5.74, 6) is 0.442. The molecule has 1 aliphatic heterocycles. The normalized spacial score (nSPS) is 15.5. The fourth-order valence-electron chi connectivity index (χ4n) is 2.20. The summed E-state index contributed by atoms with van der Waals surface area (Å²) in [6.45, 7) is 3.81. The van der Waals surface area contributed by atoms with E-state index in [1.165, 1.54) is 11.1 Å². The van der Waals surface area contributed by atoms with E-state index >= 15 is 0 Å². The highest BCUT2D eigenvalue weighted by molar-refractivity contribution is 5.89. The monoisotopic (exact) mass is 204 g/mol. The fourth-order valence-corrected chi connectivity index (χ4v) is 2.20. The van der Waals surface area contributed by atoms with Gasteiger partial charge in [-0.1, -0.05) is 5.16 Å². The molecule has 0 spiro atoms. The van der Waals surface area contributed by atoms with Crippen LogP contribution in [0.5, 0.6) is 0 Å². The second-order valence-electron chi connectivity index (χ2n) is 3.83. The van der Waals surface area contributed by atoms with Crippen LogP contribution >= 0.6 is 0 Å². The molecule has 0 fully saturated rings. The SMILES string of the molecule is Cc1nc2onc(N)c2c2c1CCNC2. The van der Waals surface area contributed by atoms with Crippen LogP contribution in [0.3, 0.4) is 0 Å². The molecule has 5 heteroatoms. The van der Waals surface area contributed by atoms with Crippen LogP contribution in [0.2, 0.25) is 0 Å². The van der Waals surface area contributed by atoms with Gasteiger partial charge < -0.3 is 15.6 Å². The fraction of sp³-hybridized carbons (Fsp3) is 0.400. The van der Waals surface area contributed by atoms with Gasteiger partial charge in [-0.2, -0.15) is 0 Å². The average molecular weight is 204 g/mol. The minimum Gasteiger partial charge on any atom is -0.380 e. The Labute approximate surface area is 86.6 Å². The molecule has 0 aliphatic carbocycles. The number of hydrogen-bond donors (Lipinski definition) is 2. The van der Waals surface area contributed by atoms with Crippen molar-refractivity contribution in [3.63, 3.8) is 0 Å². The van der Waals surface area contributed by atoms with Crippen molar-refractivity contribution in [3.05, 3.63) is 16.8 Å². The standard InChI is InChI=1S/C10H12N4O/c1-5-6-2-3-12-4-7(6)8-9(11)14-15-10(8)13-5/h12H,2-4H2,1H3,(H2,11,14). The van der Waals surface area contributed by atoms with E-state index in [4.69, 9.17) is 10.3 Å². The van der Waals surface area contributed by atoms with E-state index in [2.05, 4.69) is 15.5 Å². The van der Waals surface area contributed by atoms with Crippen molar-refractivity contribution in [2.24, 2.45) is 0 Å². The van der Waals surface area contributed by atoms with Crippen molar-refractivity contribution < 1.29 is 4.52 Å². The van der Waals surface area contributed by atoms with E-state index in [9.17, 15) is 0 Å². The summed E-state index contributed by atoms with van der Waals surface area (Å²) in [6, 6.07) is 0. The zero-order valence-electron chi connectivity index (χ0n) is 8.50. The molecule has 5 nitrogen and oxygen atoms in total. The molecule has 0 amide bonds. The molecular weight excluding hydrogens is 192 g/mol. The molecule has 0 radical (unpaired) electrons. The Morgan fingerprint density at radius 1 is 1.40 bits per heavy atom. The third kappa shape index (κ3) is 1.13. The highest BCUT2D eigenvalue weighted by Gasteiger charge is 2.20. The maximum atomic E-state index is 5.78. The van der Waals surface area contributed by atoms with Crippen molar-refractivity contribution in [3.8, 4) is 0 Å². The molecular formula is C10H12N4O. The molecule has 0 saturated carbocycles. The first-order valence-electron chi connectivity index (χ1n) is 5.01. The van der Waals surface area contributed by atoms with Gasteiger partial charge in [0.2, 0.25) is 0 Å². The molecule has 0 aromatic carbocycles. The van der Waals surface area contributed by atoms with Gasteiger partial charge in [0.1, 0.15) is 0 Å². The smallest absolute Gasteiger partial charge is 0.260 e. The van der Waals surface area contributed by atoms with Gasteiger partial charge in [-0.15, -0.1) is 0 Å². The first kappa shape index (κ1) is 8.67. The zero-order valence-corrected chi connectivity index (χ0v) is 8.50. The quantitative estimate of drug-likeness (QED) is 0.662. The Morgan fingerprint density at radius 2 is 2.27 bits per heavy atom. The van der Waals surface area contributed by atoms with E-state index in [0.717, 1.165) is 30.6 Å². The van der Waals surface area contributed by atoms with Crippen LogP contribution < -0.4 is 11.1 Å². The number of anilines is 1. The Bertz CT molecular complexity index is 532. The number of nitrogens with one attached hydrogen (secondary N) is 1. The van der Waals surface area contributed by atoms with Gasteiger partial charge in [0.05, 0.1) is 5.39 Å². The molecule has 1 aliphatic rings. The highest BCUT2D eigenvalue weighted by Crippen LogP contribution is 2.29. The summed E-state index contributed by atoms with van der Waals surface area (Å²) in [6.07, 6.45) is 0.995. The predicted molar refractivity (Wildman–Crippen MR) is 56.4 cm³/mol. The number of fused-ring (bicyclic) bond motifs is 3. The van der Waals surface area contributed by atoms with Gasteiger partial charge >= 0.3 is 0 Å². The second kappa shape index (κ2) is 2.93. The van der Waals surface area contributed by atoms with E-state index in [1.807, 2.05) is 6.92 Å². The minimum atomic E-state index is 0.442. The first-order chi connectivity index (χ1) is 7.27. The van der Waals surface area contributed by atoms with Crippen LogP contribution in [0, 0.1) is 6.92 Å². The molecule has 0 atom stereocenters. The third-order valence-electron chi connectivity index (χ3n) is 2.93. The van der Waals surface area contributed by atoms with Crippen LogP contribution in [0.25, 0.3) is 11.1 Å². The molecule has 2 aromatic heterocycles. The highest BCUT2D eigenvalue weighted by atomic mass is 16.5. The van der Waals surface area contributed by atoms with Crippen LogP contribution in [0.15, 0.2) is 4.52 Å². The van der Waals surface area contributed by atoms with Gasteiger partial charge in [0.25, 0.3) is 5.71 Å². The summed E-state index contributed by atoms with van der Waals surface area (Å²) in [5.41, 5.74) is 9.83. The number of rotatable bonds is 0. The molecule has 3 rings (SSSR count). The Hall–Kier alpha value is -1.62. The molecule has 2 aromatic rings. The van der Waals surface area contributed by atoms with Crippen LogP contribution in [0.4, 0.5) is 5.82 Å². The van der Waals surface area contributed by atoms with Gasteiger partial charge in [-0.25, -0.2) is 4.98 Å². The lowest BCUT2D eigenvalue weighted by molar-refractivity contribution is 0.451. The van der Waals surface area contributed by atoms with E-state index < -0.39 is 0 Å². The lowest BCUT2D eigenvalue weighted by atomic mass is 9.97. The van der Waals surface area contributed by atoms with E-state index in [-0.39, 0.29) is 0 Å². The average Bonchev–Trinajstić information content (AvgIpc) is 2.61. The second-order valence-corrected chi connectivity index (χ2v) is 3.83. The summed E-state index contributed by atoms with van der Waals surface area (Å²) in [4.78, 5) is 4.37. The minimum absolute atomic E-state index is 0.442. The first-order valence-corrected chi connectivity index (χ1v) is 5.01. The third-order valence-corrected chi connectivity index (χ3v) is 2.93. The van der Waals surface area contributed by atoms with Crippen molar-refractivity contribution in [1.29, 1.82) is 0 Å². The van der Waals surface area contributed by atoms with Gasteiger partial charge in [0, 0.05) is 12.2 Å². The molecule has 0 unspecified atom stereocenters. The number of pyridine rings is 1. The number of nitrogens with zero attached hydrogens (tertiary/aromatic N) is 2.